The molecule has 0 atom stereocenters. The van der Waals surface area contributed by atoms with E-state index in [0.29, 0.717) is 24.4 Å². The summed E-state index contributed by atoms with van der Waals surface area (Å²) in [5.74, 6) is -0.551. The van der Waals surface area contributed by atoms with Crippen molar-refractivity contribution < 1.29 is 18.3 Å². The molecule has 0 radical (unpaired) electrons. The average Bonchev–Trinajstić information content (AvgIpc) is 2.96. The number of carboxylic acid groups (broad SMARTS) is 1. The number of rotatable bonds is 10. The lowest BCUT2D eigenvalue weighted by atomic mass is 10.0. The van der Waals surface area contributed by atoms with Crippen LogP contribution < -0.4 is 4.72 Å². The van der Waals surface area contributed by atoms with Crippen LogP contribution in [0, 0.1) is 0 Å². The summed E-state index contributed by atoms with van der Waals surface area (Å²) in [6.07, 6.45) is 6.02. The van der Waals surface area contributed by atoms with Crippen molar-refractivity contribution in [2.45, 2.75) is 43.9 Å². The minimum atomic E-state index is -3.48. The molecule has 32 heavy (non-hydrogen) atoms. The van der Waals surface area contributed by atoms with Gasteiger partial charge in [0.2, 0.25) is 10.0 Å². The first-order valence-corrected chi connectivity index (χ1v) is 12.3. The maximum absolute atomic E-state index is 12.2. The Labute approximate surface area is 190 Å². The SMILES string of the molecule is CC(C)c1ccc2c(CC/C=C/CCNS(=O)(=O)c3ccccc3)cc(C(=O)O)c-2cc1. The van der Waals surface area contributed by atoms with Crippen molar-refractivity contribution >= 4 is 16.0 Å². The Morgan fingerprint density at radius 1 is 0.969 bits per heavy atom. The predicted molar refractivity (Wildman–Crippen MR) is 128 cm³/mol. The van der Waals surface area contributed by atoms with Gasteiger partial charge in [0.25, 0.3) is 0 Å². The van der Waals surface area contributed by atoms with Crippen LogP contribution in [0.2, 0.25) is 0 Å². The Morgan fingerprint density at radius 3 is 2.28 bits per heavy atom. The molecular weight excluding hydrogens is 422 g/mol. The van der Waals surface area contributed by atoms with Crippen LogP contribution in [0.4, 0.5) is 0 Å². The number of nitrogens with one attached hydrogen (secondary N) is 1. The maximum atomic E-state index is 12.2. The quantitative estimate of drug-likeness (QED) is 0.316. The second-order valence-corrected chi connectivity index (χ2v) is 9.81. The lowest BCUT2D eigenvalue weighted by Crippen LogP contribution is -2.24. The Kier molecular flexibility index (Phi) is 7.83. The molecule has 5 nitrogen and oxygen atoms in total. The van der Waals surface area contributed by atoms with Gasteiger partial charge in [0.1, 0.15) is 0 Å². The molecule has 0 bridgehead atoms. The van der Waals surface area contributed by atoms with E-state index in [1.54, 1.807) is 36.4 Å². The Morgan fingerprint density at radius 2 is 1.62 bits per heavy atom. The minimum absolute atomic E-state index is 0.259. The van der Waals surface area contributed by atoms with Crippen molar-refractivity contribution in [1.82, 2.24) is 4.72 Å². The van der Waals surface area contributed by atoms with Crippen LogP contribution in [-0.4, -0.2) is 26.0 Å². The summed E-state index contributed by atoms with van der Waals surface area (Å²) in [5, 5.41) is 9.60. The van der Waals surface area contributed by atoms with Crippen molar-refractivity contribution in [1.29, 1.82) is 0 Å². The van der Waals surface area contributed by atoms with Gasteiger partial charge in [0, 0.05) is 6.54 Å². The Hall–Kier alpha value is -2.96. The molecule has 0 saturated heterocycles. The monoisotopic (exact) mass is 451 g/mol. The number of benzene rings is 1. The Bertz CT molecular complexity index is 1170. The summed E-state index contributed by atoms with van der Waals surface area (Å²) in [6, 6.07) is 18.1. The summed E-state index contributed by atoms with van der Waals surface area (Å²) in [5.41, 5.74) is 4.25. The van der Waals surface area contributed by atoms with E-state index in [1.807, 2.05) is 30.4 Å². The number of sulfonamides is 1. The summed E-state index contributed by atoms with van der Waals surface area (Å²) in [4.78, 5) is 12.0. The average molecular weight is 452 g/mol. The molecular formula is C26H29NO4S. The molecule has 168 valence electrons. The van der Waals surface area contributed by atoms with Crippen LogP contribution >= 0.6 is 0 Å². The molecule has 0 amide bonds. The molecule has 2 aliphatic rings. The minimum Gasteiger partial charge on any atom is -0.478 e. The number of hydrogen-bond donors (Lipinski definition) is 2. The van der Waals surface area contributed by atoms with Gasteiger partial charge in [-0.3, -0.25) is 0 Å². The largest absolute Gasteiger partial charge is 0.478 e. The van der Waals surface area contributed by atoms with Gasteiger partial charge in [0.05, 0.1) is 10.5 Å². The van der Waals surface area contributed by atoms with E-state index in [2.05, 4.69) is 24.6 Å². The van der Waals surface area contributed by atoms with Crippen LogP contribution in [-0.2, 0) is 16.4 Å². The molecule has 2 N–H and O–H groups in total. The van der Waals surface area contributed by atoms with Gasteiger partial charge in [-0.2, -0.15) is 0 Å². The third kappa shape index (κ3) is 5.84. The fraction of sp³-hybridized carbons (Fsp3) is 0.269. The molecule has 0 unspecified atom stereocenters. The van der Waals surface area contributed by atoms with Crippen LogP contribution in [0.1, 0.15) is 54.1 Å². The number of aryl methyl sites for hydroxylation is 1. The fourth-order valence-electron chi connectivity index (χ4n) is 3.64. The summed E-state index contributed by atoms with van der Waals surface area (Å²) >= 11 is 0. The molecule has 0 aliphatic heterocycles. The first kappa shape index (κ1) is 23.7. The van der Waals surface area contributed by atoms with Gasteiger partial charge in [-0.15, -0.1) is 0 Å². The molecule has 0 spiro atoms. The van der Waals surface area contributed by atoms with Crippen molar-refractivity contribution in [3.63, 3.8) is 0 Å². The van der Waals surface area contributed by atoms with E-state index >= 15 is 0 Å². The third-order valence-corrected chi connectivity index (χ3v) is 6.91. The standard InChI is InChI=1S/C26H29NO4S/c1-19(2)20-13-15-23-21(18-25(26(28)29)24(23)16-14-20)10-6-3-4-9-17-27-32(30,31)22-11-7-5-8-12-22/h3-5,7-8,11-16,18-19,27H,6,9-10,17H2,1-2H3,(H,28,29)/b4-3+. The van der Waals surface area contributed by atoms with Gasteiger partial charge in [0.15, 0.2) is 0 Å². The molecule has 2 aliphatic carbocycles. The summed E-state index contributed by atoms with van der Waals surface area (Å²) in [7, 11) is -3.48. The highest BCUT2D eigenvalue weighted by atomic mass is 32.2. The molecule has 1 aromatic rings. The normalized spacial score (nSPS) is 12.1. The van der Waals surface area contributed by atoms with Crippen molar-refractivity contribution in [3.05, 3.63) is 89.5 Å². The van der Waals surface area contributed by atoms with E-state index in [1.165, 1.54) is 5.56 Å². The predicted octanol–water partition coefficient (Wildman–Crippen LogP) is 5.47. The van der Waals surface area contributed by atoms with Crippen LogP contribution in [0.25, 0.3) is 11.1 Å². The first-order chi connectivity index (χ1) is 15.3. The number of carboxylic acids is 1. The van der Waals surface area contributed by atoms with E-state index in [-0.39, 0.29) is 4.90 Å². The maximum Gasteiger partial charge on any atom is 0.336 e. The molecule has 3 rings (SSSR count). The second-order valence-electron chi connectivity index (χ2n) is 8.05. The lowest BCUT2D eigenvalue weighted by molar-refractivity contribution is 0.0698. The third-order valence-electron chi connectivity index (χ3n) is 5.43. The zero-order valence-electron chi connectivity index (χ0n) is 18.4. The summed E-state index contributed by atoms with van der Waals surface area (Å²) < 4.78 is 27.0. The summed E-state index contributed by atoms with van der Waals surface area (Å²) in [6.45, 7) is 4.55. The van der Waals surface area contributed by atoms with Crippen molar-refractivity contribution in [3.8, 4) is 11.1 Å². The number of allylic oxidation sites excluding steroid dienone is 1. The zero-order valence-corrected chi connectivity index (χ0v) is 19.2. The molecule has 1 aromatic carbocycles. The van der Waals surface area contributed by atoms with Gasteiger partial charge >= 0.3 is 5.97 Å². The Balaban J connectivity index is 1.59. The second kappa shape index (κ2) is 10.6. The van der Waals surface area contributed by atoms with Crippen LogP contribution in [0.3, 0.4) is 0 Å². The molecule has 0 aromatic heterocycles. The number of carbonyl (C=O) groups is 1. The van der Waals surface area contributed by atoms with E-state index < -0.39 is 16.0 Å². The number of fused-ring (bicyclic) bond motifs is 1. The molecule has 0 heterocycles. The van der Waals surface area contributed by atoms with Gasteiger partial charge in [-0.1, -0.05) is 68.5 Å². The van der Waals surface area contributed by atoms with E-state index in [0.717, 1.165) is 29.5 Å². The van der Waals surface area contributed by atoms with Crippen LogP contribution in [0.5, 0.6) is 0 Å². The van der Waals surface area contributed by atoms with Gasteiger partial charge in [-0.05, 0) is 65.6 Å². The molecule has 6 heteroatoms. The van der Waals surface area contributed by atoms with Crippen molar-refractivity contribution in [2.24, 2.45) is 0 Å². The highest BCUT2D eigenvalue weighted by Crippen LogP contribution is 2.34. The van der Waals surface area contributed by atoms with Crippen LogP contribution in [0.15, 0.2) is 77.7 Å². The molecule has 0 saturated carbocycles. The highest BCUT2D eigenvalue weighted by molar-refractivity contribution is 7.89. The van der Waals surface area contributed by atoms with Crippen molar-refractivity contribution in [2.75, 3.05) is 6.54 Å². The van der Waals surface area contributed by atoms with E-state index in [4.69, 9.17) is 0 Å². The number of aromatic carboxylic acids is 1. The van der Waals surface area contributed by atoms with Gasteiger partial charge < -0.3 is 5.11 Å². The van der Waals surface area contributed by atoms with Gasteiger partial charge in [-0.25, -0.2) is 17.9 Å². The van der Waals surface area contributed by atoms with E-state index in [9.17, 15) is 18.3 Å². The smallest absolute Gasteiger partial charge is 0.336 e. The molecule has 0 fully saturated rings. The fourth-order valence-corrected chi connectivity index (χ4v) is 4.71. The lowest BCUT2D eigenvalue weighted by Gasteiger charge is -2.04. The topological polar surface area (TPSA) is 83.5 Å². The highest BCUT2D eigenvalue weighted by Gasteiger charge is 2.19. The number of hydrogen-bond acceptors (Lipinski definition) is 3. The zero-order chi connectivity index (χ0) is 23.1. The first-order valence-electron chi connectivity index (χ1n) is 10.8.